The van der Waals surface area contributed by atoms with E-state index in [2.05, 4.69) is 20.1 Å². The minimum Gasteiger partial charge on any atom is -0.261 e. The molecular formula is C9H8ClN5S. The van der Waals surface area contributed by atoms with E-state index < -0.39 is 0 Å². The molecule has 0 amide bonds. The van der Waals surface area contributed by atoms with E-state index >= 15 is 0 Å². The summed E-state index contributed by atoms with van der Waals surface area (Å²) < 4.78 is 1.83. The van der Waals surface area contributed by atoms with Gasteiger partial charge in [0.25, 0.3) is 0 Å². The third-order valence-electron chi connectivity index (χ3n) is 2.19. The van der Waals surface area contributed by atoms with Crippen LogP contribution in [0.1, 0.15) is 0 Å². The molecule has 0 saturated heterocycles. The van der Waals surface area contributed by atoms with Crippen molar-refractivity contribution in [1.29, 1.82) is 0 Å². The van der Waals surface area contributed by atoms with Crippen molar-refractivity contribution in [2.45, 2.75) is 17.1 Å². The Hall–Kier alpha value is -1.14. The zero-order valence-electron chi connectivity index (χ0n) is 8.25. The van der Waals surface area contributed by atoms with E-state index in [-0.39, 0.29) is 5.38 Å². The van der Waals surface area contributed by atoms with Gasteiger partial charge in [-0.05, 0) is 0 Å². The summed E-state index contributed by atoms with van der Waals surface area (Å²) in [7, 11) is 0. The van der Waals surface area contributed by atoms with Crippen LogP contribution in [0.4, 0.5) is 0 Å². The van der Waals surface area contributed by atoms with Gasteiger partial charge in [-0.15, -0.1) is 16.7 Å². The molecule has 0 spiro atoms. The van der Waals surface area contributed by atoms with E-state index in [4.69, 9.17) is 11.6 Å². The van der Waals surface area contributed by atoms with Crippen LogP contribution in [-0.2, 0) is 6.54 Å². The molecule has 0 saturated carbocycles. The van der Waals surface area contributed by atoms with Crippen LogP contribution in [0.3, 0.4) is 0 Å². The molecule has 0 bridgehead atoms. The molecule has 16 heavy (non-hydrogen) atoms. The lowest BCUT2D eigenvalue weighted by Crippen LogP contribution is -2.19. The van der Waals surface area contributed by atoms with Crippen LogP contribution < -0.4 is 0 Å². The first-order valence-corrected chi connectivity index (χ1v) is 6.23. The number of nitrogens with zero attached hydrogens (tertiary/aromatic N) is 5. The number of alkyl halides is 1. The fourth-order valence-electron chi connectivity index (χ4n) is 1.48. The molecule has 0 aliphatic carbocycles. The highest BCUT2D eigenvalue weighted by Crippen LogP contribution is 2.27. The van der Waals surface area contributed by atoms with Crippen molar-refractivity contribution in [2.75, 3.05) is 5.75 Å². The fourth-order valence-corrected chi connectivity index (χ4v) is 2.65. The van der Waals surface area contributed by atoms with Gasteiger partial charge in [0.15, 0.2) is 5.16 Å². The second kappa shape index (κ2) is 4.03. The third-order valence-corrected chi connectivity index (χ3v) is 3.80. The number of halogens is 1. The SMILES string of the molecule is ClC1CSc2nc(-c3cnccn3)nn2C1. The summed E-state index contributed by atoms with van der Waals surface area (Å²) in [6.45, 7) is 0.706. The highest BCUT2D eigenvalue weighted by Gasteiger charge is 2.21. The number of aromatic nitrogens is 5. The molecule has 2 aromatic rings. The lowest BCUT2D eigenvalue weighted by atomic mass is 10.4. The van der Waals surface area contributed by atoms with Crippen molar-refractivity contribution in [3.63, 3.8) is 0 Å². The molecule has 0 aromatic carbocycles. The Kier molecular flexibility index (Phi) is 2.53. The van der Waals surface area contributed by atoms with Gasteiger partial charge in [0.2, 0.25) is 5.82 Å². The van der Waals surface area contributed by atoms with Gasteiger partial charge in [0.1, 0.15) is 5.69 Å². The molecule has 3 rings (SSSR count). The van der Waals surface area contributed by atoms with E-state index in [0.717, 1.165) is 10.9 Å². The first-order valence-electron chi connectivity index (χ1n) is 4.81. The van der Waals surface area contributed by atoms with E-state index in [1.54, 1.807) is 30.4 Å². The van der Waals surface area contributed by atoms with Crippen LogP contribution in [-0.4, -0.2) is 35.9 Å². The van der Waals surface area contributed by atoms with Crippen molar-refractivity contribution in [3.8, 4) is 11.5 Å². The summed E-state index contributed by atoms with van der Waals surface area (Å²) in [6, 6.07) is 0. The second-order valence-electron chi connectivity index (χ2n) is 3.40. The predicted octanol–water partition coefficient (Wildman–Crippen LogP) is 1.45. The summed E-state index contributed by atoms with van der Waals surface area (Å²) in [5, 5.41) is 5.39. The molecule has 3 heterocycles. The minimum atomic E-state index is 0.119. The zero-order valence-corrected chi connectivity index (χ0v) is 9.82. The Morgan fingerprint density at radius 2 is 2.38 bits per heavy atom. The van der Waals surface area contributed by atoms with Gasteiger partial charge in [-0.1, -0.05) is 11.8 Å². The maximum atomic E-state index is 6.06. The number of hydrogen-bond donors (Lipinski definition) is 0. The van der Waals surface area contributed by atoms with Gasteiger partial charge in [0.05, 0.1) is 18.1 Å². The molecule has 1 unspecified atom stereocenters. The molecule has 5 nitrogen and oxygen atoms in total. The van der Waals surface area contributed by atoms with Gasteiger partial charge in [0, 0.05) is 18.1 Å². The van der Waals surface area contributed by atoms with Crippen molar-refractivity contribution in [3.05, 3.63) is 18.6 Å². The second-order valence-corrected chi connectivity index (χ2v) is 5.00. The number of rotatable bonds is 1. The highest BCUT2D eigenvalue weighted by molar-refractivity contribution is 7.99. The van der Waals surface area contributed by atoms with E-state index in [1.807, 2.05) is 4.68 Å². The van der Waals surface area contributed by atoms with Crippen LogP contribution in [0.2, 0.25) is 0 Å². The molecule has 82 valence electrons. The van der Waals surface area contributed by atoms with Crippen molar-refractivity contribution in [1.82, 2.24) is 24.7 Å². The van der Waals surface area contributed by atoms with E-state index in [0.29, 0.717) is 18.1 Å². The molecule has 2 aromatic heterocycles. The van der Waals surface area contributed by atoms with Crippen LogP contribution in [0, 0.1) is 0 Å². The summed E-state index contributed by atoms with van der Waals surface area (Å²) in [5.41, 5.74) is 0.691. The molecule has 1 aliphatic rings. The monoisotopic (exact) mass is 253 g/mol. The largest absolute Gasteiger partial charge is 0.261 e. The summed E-state index contributed by atoms with van der Waals surface area (Å²) in [5.74, 6) is 1.49. The molecule has 0 radical (unpaired) electrons. The smallest absolute Gasteiger partial charge is 0.202 e. The molecule has 0 N–H and O–H groups in total. The average Bonchev–Trinajstić information content (AvgIpc) is 2.73. The van der Waals surface area contributed by atoms with Gasteiger partial charge in [-0.3, -0.25) is 4.98 Å². The first kappa shape index (κ1) is 10.0. The quantitative estimate of drug-likeness (QED) is 0.720. The zero-order chi connectivity index (χ0) is 11.0. The maximum Gasteiger partial charge on any atom is 0.202 e. The Balaban J connectivity index is 1.99. The molecule has 1 atom stereocenters. The standard InChI is InChI=1S/C9H8ClN5S/c10-6-4-15-9(16-5-6)13-8(14-15)7-3-11-1-2-12-7/h1-3,6H,4-5H2. The minimum absolute atomic E-state index is 0.119. The topological polar surface area (TPSA) is 56.5 Å². The van der Waals surface area contributed by atoms with Gasteiger partial charge in [-0.25, -0.2) is 9.67 Å². The lowest BCUT2D eigenvalue weighted by Gasteiger charge is -2.15. The van der Waals surface area contributed by atoms with Crippen LogP contribution in [0.15, 0.2) is 23.7 Å². The Morgan fingerprint density at radius 1 is 1.44 bits per heavy atom. The molecule has 1 aliphatic heterocycles. The predicted molar refractivity (Wildman–Crippen MR) is 61.4 cm³/mol. The van der Waals surface area contributed by atoms with E-state index in [9.17, 15) is 0 Å². The molecule has 7 heteroatoms. The maximum absolute atomic E-state index is 6.06. The fraction of sp³-hybridized carbons (Fsp3) is 0.333. The average molecular weight is 254 g/mol. The number of hydrogen-bond acceptors (Lipinski definition) is 5. The Labute approximate surface area is 101 Å². The van der Waals surface area contributed by atoms with Crippen LogP contribution in [0.25, 0.3) is 11.5 Å². The Morgan fingerprint density at radius 3 is 3.19 bits per heavy atom. The molecular weight excluding hydrogens is 246 g/mol. The van der Waals surface area contributed by atoms with Gasteiger partial charge < -0.3 is 0 Å². The number of fused-ring (bicyclic) bond motifs is 1. The van der Waals surface area contributed by atoms with Crippen molar-refractivity contribution >= 4 is 23.4 Å². The van der Waals surface area contributed by atoms with Gasteiger partial charge in [-0.2, -0.15) is 4.98 Å². The van der Waals surface area contributed by atoms with Crippen molar-refractivity contribution < 1.29 is 0 Å². The van der Waals surface area contributed by atoms with Crippen molar-refractivity contribution in [2.24, 2.45) is 0 Å². The van der Waals surface area contributed by atoms with Crippen LogP contribution in [0.5, 0.6) is 0 Å². The van der Waals surface area contributed by atoms with E-state index in [1.165, 1.54) is 0 Å². The summed E-state index contributed by atoms with van der Waals surface area (Å²) in [6.07, 6.45) is 4.92. The summed E-state index contributed by atoms with van der Waals surface area (Å²) >= 11 is 7.68. The van der Waals surface area contributed by atoms with Crippen LogP contribution >= 0.6 is 23.4 Å². The number of thioether (sulfide) groups is 1. The Bertz CT molecular complexity index is 500. The first-order chi connectivity index (χ1) is 7.83. The normalized spacial score (nSPS) is 19.4. The highest BCUT2D eigenvalue weighted by atomic mass is 35.5. The lowest BCUT2D eigenvalue weighted by molar-refractivity contribution is 0.545. The molecule has 0 fully saturated rings. The van der Waals surface area contributed by atoms with Gasteiger partial charge >= 0.3 is 0 Å². The third kappa shape index (κ3) is 1.78. The summed E-state index contributed by atoms with van der Waals surface area (Å²) in [4.78, 5) is 12.6.